The molecule has 29 heavy (non-hydrogen) atoms. The number of guanidine groups is 1. The third-order valence-electron chi connectivity index (χ3n) is 6.23. The molecule has 0 radical (unpaired) electrons. The van der Waals surface area contributed by atoms with Gasteiger partial charge in [0, 0.05) is 55.4 Å². The minimum Gasteiger partial charge on any atom is -0.396 e. The van der Waals surface area contributed by atoms with Crippen molar-refractivity contribution in [3.63, 3.8) is 0 Å². The first-order valence-corrected chi connectivity index (χ1v) is 11.0. The van der Waals surface area contributed by atoms with Crippen molar-refractivity contribution in [1.82, 2.24) is 10.6 Å². The number of nitrogens with zero attached hydrogens (tertiary/aromatic N) is 1. The summed E-state index contributed by atoms with van der Waals surface area (Å²) in [6.07, 6.45) is 3.56. The number of hydrogen-bond acceptors (Lipinski definition) is 4. The maximum absolute atomic E-state index is 9.46. The van der Waals surface area contributed by atoms with E-state index in [1.807, 2.05) is 12.1 Å². The molecule has 0 amide bonds. The zero-order valence-corrected chi connectivity index (χ0v) is 18.1. The first-order valence-electron chi connectivity index (χ1n) is 10.7. The Morgan fingerprint density at radius 2 is 1.97 bits per heavy atom. The van der Waals surface area contributed by atoms with Crippen LogP contribution in [0.2, 0.25) is 5.02 Å². The van der Waals surface area contributed by atoms with E-state index < -0.39 is 0 Å². The Labute approximate surface area is 179 Å². The van der Waals surface area contributed by atoms with Crippen LogP contribution in [0, 0.1) is 5.41 Å². The average Bonchev–Trinajstić information content (AvgIpc) is 3.20. The molecular formula is C22H34ClN3O3. The molecule has 2 aliphatic heterocycles. The smallest absolute Gasteiger partial charge is 0.191 e. The van der Waals surface area contributed by atoms with E-state index in [1.54, 1.807) is 0 Å². The summed E-state index contributed by atoms with van der Waals surface area (Å²) >= 11 is 6.29. The van der Waals surface area contributed by atoms with Crippen molar-refractivity contribution in [3.8, 4) is 0 Å². The quantitative estimate of drug-likeness (QED) is 0.443. The van der Waals surface area contributed by atoms with Crippen molar-refractivity contribution in [1.29, 1.82) is 0 Å². The number of hydrogen-bond donors (Lipinski definition) is 3. The van der Waals surface area contributed by atoms with E-state index in [-0.39, 0.29) is 17.4 Å². The topological polar surface area (TPSA) is 75.1 Å². The van der Waals surface area contributed by atoms with Crippen molar-refractivity contribution in [3.05, 3.63) is 34.9 Å². The van der Waals surface area contributed by atoms with Gasteiger partial charge in [0.25, 0.3) is 0 Å². The van der Waals surface area contributed by atoms with Gasteiger partial charge in [-0.3, -0.25) is 4.99 Å². The van der Waals surface area contributed by atoms with E-state index in [2.05, 4.69) is 29.7 Å². The zero-order chi connectivity index (χ0) is 20.6. The van der Waals surface area contributed by atoms with Gasteiger partial charge in [0.05, 0.1) is 13.2 Å². The second-order valence-electron chi connectivity index (χ2n) is 8.23. The lowest BCUT2D eigenvalue weighted by atomic mass is 9.74. The summed E-state index contributed by atoms with van der Waals surface area (Å²) in [5.74, 6) is 0.810. The van der Waals surface area contributed by atoms with Crippen molar-refractivity contribution in [2.24, 2.45) is 10.4 Å². The highest BCUT2D eigenvalue weighted by Gasteiger charge is 2.36. The Bertz CT molecular complexity index is 671. The zero-order valence-electron chi connectivity index (χ0n) is 17.4. The molecule has 1 aromatic rings. The largest absolute Gasteiger partial charge is 0.396 e. The molecule has 2 saturated heterocycles. The summed E-state index contributed by atoms with van der Waals surface area (Å²) in [4.78, 5) is 4.86. The van der Waals surface area contributed by atoms with Crippen LogP contribution in [0.5, 0.6) is 0 Å². The van der Waals surface area contributed by atoms with Crippen molar-refractivity contribution in [2.75, 3.05) is 52.7 Å². The predicted octanol–water partition coefficient (Wildman–Crippen LogP) is 2.73. The summed E-state index contributed by atoms with van der Waals surface area (Å²) in [7, 11) is 0. The Morgan fingerprint density at radius 3 is 2.62 bits per heavy atom. The highest BCUT2D eigenvalue weighted by atomic mass is 35.5. The van der Waals surface area contributed by atoms with Gasteiger partial charge in [-0.25, -0.2) is 0 Å². The number of rotatable bonds is 8. The molecule has 7 heteroatoms. The highest BCUT2D eigenvalue weighted by Crippen LogP contribution is 2.35. The van der Waals surface area contributed by atoms with Gasteiger partial charge in [0.15, 0.2) is 5.96 Å². The van der Waals surface area contributed by atoms with Crippen LogP contribution in [-0.2, 0) is 14.9 Å². The SMILES string of the molecule is CCNC(=NCC1(CCO)CCOC1)NCC1(c2cccc(Cl)c2)CCOCC1. The van der Waals surface area contributed by atoms with Crippen LogP contribution in [-0.4, -0.2) is 63.7 Å². The molecule has 1 atom stereocenters. The maximum Gasteiger partial charge on any atom is 0.191 e. The summed E-state index contributed by atoms with van der Waals surface area (Å²) in [5, 5.41) is 17.2. The molecule has 1 aromatic carbocycles. The number of halogens is 1. The van der Waals surface area contributed by atoms with Gasteiger partial charge < -0.3 is 25.2 Å². The molecule has 3 rings (SSSR count). The Hall–Kier alpha value is -1.34. The number of aliphatic hydroxyl groups excluding tert-OH is 1. The Balaban J connectivity index is 1.73. The monoisotopic (exact) mass is 423 g/mol. The van der Waals surface area contributed by atoms with Gasteiger partial charge >= 0.3 is 0 Å². The Morgan fingerprint density at radius 1 is 1.17 bits per heavy atom. The average molecular weight is 424 g/mol. The molecule has 0 bridgehead atoms. The molecular weight excluding hydrogens is 390 g/mol. The lowest BCUT2D eigenvalue weighted by Crippen LogP contribution is -2.48. The van der Waals surface area contributed by atoms with Crippen LogP contribution in [0.25, 0.3) is 0 Å². The van der Waals surface area contributed by atoms with Crippen LogP contribution in [0.1, 0.15) is 38.2 Å². The fourth-order valence-electron chi connectivity index (χ4n) is 4.28. The number of nitrogens with one attached hydrogen (secondary N) is 2. The van der Waals surface area contributed by atoms with E-state index in [1.165, 1.54) is 5.56 Å². The van der Waals surface area contributed by atoms with Crippen LogP contribution >= 0.6 is 11.6 Å². The minimum absolute atomic E-state index is 0.0292. The van der Waals surface area contributed by atoms with E-state index >= 15 is 0 Å². The fourth-order valence-corrected chi connectivity index (χ4v) is 4.47. The second kappa shape index (κ2) is 10.6. The van der Waals surface area contributed by atoms with Crippen LogP contribution in [0.4, 0.5) is 0 Å². The molecule has 0 aromatic heterocycles. The van der Waals surface area contributed by atoms with E-state index in [9.17, 15) is 5.11 Å². The predicted molar refractivity (Wildman–Crippen MR) is 117 cm³/mol. The van der Waals surface area contributed by atoms with Crippen LogP contribution in [0.3, 0.4) is 0 Å². The van der Waals surface area contributed by atoms with Gasteiger partial charge in [-0.15, -0.1) is 0 Å². The minimum atomic E-state index is -0.0551. The maximum atomic E-state index is 9.46. The first kappa shape index (κ1) is 22.3. The highest BCUT2D eigenvalue weighted by molar-refractivity contribution is 6.30. The normalized spacial score (nSPS) is 24.4. The van der Waals surface area contributed by atoms with Gasteiger partial charge in [-0.2, -0.15) is 0 Å². The molecule has 2 heterocycles. The van der Waals surface area contributed by atoms with Crippen LogP contribution < -0.4 is 10.6 Å². The van der Waals surface area contributed by atoms with E-state index in [0.717, 1.165) is 69.6 Å². The molecule has 162 valence electrons. The van der Waals surface area contributed by atoms with Gasteiger partial charge in [-0.1, -0.05) is 23.7 Å². The van der Waals surface area contributed by atoms with Crippen molar-refractivity contribution < 1.29 is 14.6 Å². The van der Waals surface area contributed by atoms with Gasteiger partial charge in [-0.05, 0) is 50.3 Å². The fraction of sp³-hybridized carbons (Fsp3) is 0.682. The van der Waals surface area contributed by atoms with E-state index in [4.69, 9.17) is 26.1 Å². The molecule has 2 aliphatic rings. The third kappa shape index (κ3) is 5.85. The lowest BCUT2D eigenvalue weighted by molar-refractivity contribution is 0.0513. The molecule has 0 aliphatic carbocycles. The van der Waals surface area contributed by atoms with Crippen molar-refractivity contribution in [2.45, 2.75) is 38.0 Å². The van der Waals surface area contributed by atoms with Crippen LogP contribution in [0.15, 0.2) is 29.3 Å². The molecule has 2 fully saturated rings. The van der Waals surface area contributed by atoms with Gasteiger partial charge in [0.2, 0.25) is 0 Å². The molecule has 0 spiro atoms. The van der Waals surface area contributed by atoms with Crippen molar-refractivity contribution >= 4 is 17.6 Å². The van der Waals surface area contributed by atoms with Gasteiger partial charge in [0.1, 0.15) is 0 Å². The lowest BCUT2D eigenvalue weighted by Gasteiger charge is -2.38. The summed E-state index contributed by atoms with van der Waals surface area (Å²) in [5.41, 5.74) is 1.16. The third-order valence-corrected chi connectivity index (χ3v) is 6.46. The standard InChI is InChI=1S/C22H34ClN3O3/c1-2-24-20(25-15-21(6-10-27)7-11-29-17-21)26-16-22(8-12-28-13-9-22)18-4-3-5-19(23)14-18/h3-5,14,27H,2,6-13,15-17H2,1H3,(H2,24,25,26). The number of ether oxygens (including phenoxy) is 2. The summed E-state index contributed by atoms with van der Waals surface area (Å²) < 4.78 is 11.2. The van der Waals surface area contributed by atoms with E-state index in [0.29, 0.717) is 13.2 Å². The Kier molecular flexibility index (Phi) is 8.18. The first-order chi connectivity index (χ1) is 14.1. The summed E-state index contributed by atoms with van der Waals surface area (Å²) in [6.45, 7) is 7.36. The molecule has 3 N–H and O–H groups in total. The number of aliphatic hydroxyl groups is 1. The molecule has 6 nitrogen and oxygen atoms in total. The summed E-state index contributed by atoms with van der Waals surface area (Å²) in [6, 6.07) is 8.17. The molecule has 1 unspecified atom stereocenters. The number of aliphatic imine (C=N–C) groups is 1. The number of benzene rings is 1. The second-order valence-corrected chi connectivity index (χ2v) is 8.66. The molecule has 0 saturated carbocycles.